The molecule has 2 nitrogen and oxygen atoms in total. The summed E-state index contributed by atoms with van der Waals surface area (Å²) in [7, 11) is 0. The molecule has 0 aliphatic heterocycles. The van der Waals surface area contributed by atoms with E-state index < -0.39 is 5.82 Å². The number of ether oxygens (including phenoxy) is 1. The molecule has 0 saturated heterocycles. The number of nitrogens with two attached hydrogens (primary N) is 1. The Morgan fingerprint density at radius 2 is 2.00 bits per heavy atom. The van der Waals surface area contributed by atoms with Crippen LogP contribution < -0.4 is 10.5 Å². The van der Waals surface area contributed by atoms with E-state index in [-0.39, 0.29) is 11.8 Å². The van der Waals surface area contributed by atoms with Crippen molar-refractivity contribution in [3.63, 3.8) is 0 Å². The molecule has 2 N–H and O–H groups in total. The third-order valence-electron chi connectivity index (χ3n) is 3.86. The molecule has 0 aromatic heterocycles. The standard InChI is InChI=1S/C14H20FNO/c1-9-6-7-11(8-10(9)2)17-13-5-3-4-12(15)14(13)16/h3-5,9-11H,6-8,16H2,1-2H3. The normalized spacial score (nSPS) is 29.0. The van der Waals surface area contributed by atoms with Gasteiger partial charge in [0, 0.05) is 0 Å². The Labute approximate surface area is 102 Å². The van der Waals surface area contributed by atoms with Crippen LogP contribution >= 0.6 is 0 Å². The lowest BCUT2D eigenvalue weighted by atomic mass is 9.80. The Hall–Kier alpha value is -1.25. The van der Waals surface area contributed by atoms with Crippen molar-refractivity contribution in [1.82, 2.24) is 0 Å². The van der Waals surface area contributed by atoms with Crippen LogP contribution in [0.5, 0.6) is 5.75 Å². The molecule has 17 heavy (non-hydrogen) atoms. The zero-order chi connectivity index (χ0) is 12.4. The van der Waals surface area contributed by atoms with E-state index in [9.17, 15) is 4.39 Å². The van der Waals surface area contributed by atoms with Crippen molar-refractivity contribution in [2.45, 2.75) is 39.2 Å². The molecule has 3 heteroatoms. The summed E-state index contributed by atoms with van der Waals surface area (Å²) in [5, 5.41) is 0. The minimum atomic E-state index is -0.403. The summed E-state index contributed by atoms with van der Waals surface area (Å²) in [6.45, 7) is 4.52. The SMILES string of the molecule is CC1CCC(Oc2cccc(F)c2N)CC1C. The fourth-order valence-corrected chi connectivity index (χ4v) is 2.40. The smallest absolute Gasteiger partial charge is 0.149 e. The van der Waals surface area contributed by atoms with Gasteiger partial charge in [-0.3, -0.25) is 0 Å². The second-order valence-electron chi connectivity index (χ2n) is 5.16. The largest absolute Gasteiger partial charge is 0.488 e. The molecule has 1 aromatic rings. The Morgan fingerprint density at radius 3 is 2.71 bits per heavy atom. The zero-order valence-corrected chi connectivity index (χ0v) is 10.4. The molecule has 94 valence electrons. The molecule has 2 rings (SSSR count). The summed E-state index contributed by atoms with van der Waals surface area (Å²) in [6, 6.07) is 4.73. The van der Waals surface area contributed by atoms with Crippen LogP contribution in [0.15, 0.2) is 18.2 Å². The number of anilines is 1. The molecular formula is C14H20FNO. The van der Waals surface area contributed by atoms with E-state index >= 15 is 0 Å². The summed E-state index contributed by atoms with van der Waals surface area (Å²) in [4.78, 5) is 0. The van der Waals surface area contributed by atoms with Crippen LogP contribution in [0.25, 0.3) is 0 Å². The highest BCUT2D eigenvalue weighted by Gasteiger charge is 2.26. The first-order valence-corrected chi connectivity index (χ1v) is 6.28. The maximum absolute atomic E-state index is 13.3. The van der Waals surface area contributed by atoms with Crippen LogP contribution in [0.3, 0.4) is 0 Å². The number of para-hydroxylation sites is 1. The molecule has 1 aliphatic rings. The van der Waals surface area contributed by atoms with Crippen molar-refractivity contribution < 1.29 is 9.13 Å². The molecule has 1 fully saturated rings. The second-order valence-corrected chi connectivity index (χ2v) is 5.16. The number of nitrogen functional groups attached to an aromatic ring is 1. The predicted octanol–water partition coefficient (Wildman–Crippen LogP) is 3.61. The molecule has 0 heterocycles. The zero-order valence-electron chi connectivity index (χ0n) is 10.4. The van der Waals surface area contributed by atoms with E-state index in [1.807, 2.05) is 0 Å². The maximum Gasteiger partial charge on any atom is 0.149 e. The minimum absolute atomic E-state index is 0.124. The highest BCUT2D eigenvalue weighted by molar-refractivity contribution is 5.53. The van der Waals surface area contributed by atoms with Gasteiger partial charge in [0.05, 0.1) is 6.10 Å². The van der Waals surface area contributed by atoms with Crippen molar-refractivity contribution >= 4 is 5.69 Å². The fraction of sp³-hybridized carbons (Fsp3) is 0.571. The van der Waals surface area contributed by atoms with E-state index in [0.717, 1.165) is 18.8 Å². The van der Waals surface area contributed by atoms with E-state index in [2.05, 4.69) is 13.8 Å². The number of halogens is 1. The predicted molar refractivity (Wildman–Crippen MR) is 67.4 cm³/mol. The van der Waals surface area contributed by atoms with E-state index in [0.29, 0.717) is 11.7 Å². The fourth-order valence-electron chi connectivity index (χ4n) is 2.40. The second kappa shape index (κ2) is 4.94. The van der Waals surface area contributed by atoms with Gasteiger partial charge in [0.1, 0.15) is 17.3 Å². The van der Waals surface area contributed by atoms with Gasteiger partial charge >= 0.3 is 0 Å². The lowest BCUT2D eigenvalue weighted by Crippen LogP contribution is -2.29. The highest BCUT2D eigenvalue weighted by atomic mass is 19.1. The van der Waals surface area contributed by atoms with Crippen LogP contribution in [0, 0.1) is 17.7 Å². The lowest BCUT2D eigenvalue weighted by molar-refractivity contribution is 0.101. The topological polar surface area (TPSA) is 35.2 Å². The average Bonchev–Trinajstić information content (AvgIpc) is 2.30. The van der Waals surface area contributed by atoms with Gasteiger partial charge in [-0.25, -0.2) is 4.39 Å². The molecule has 1 aliphatic carbocycles. The maximum atomic E-state index is 13.3. The number of rotatable bonds is 2. The summed E-state index contributed by atoms with van der Waals surface area (Å²) in [6.07, 6.45) is 3.39. The van der Waals surface area contributed by atoms with Crippen molar-refractivity contribution in [2.24, 2.45) is 11.8 Å². The van der Waals surface area contributed by atoms with Crippen LogP contribution in [-0.2, 0) is 0 Å². The van der Waals surface area contributed by atoms with E-state index in [1.165, 1.54) is 12.5 Å². The molecule has 0 amide bonds. The average molecular weight is 237 g/mol. The van der Waals surface area contributed by atoms with Gasteiger partial charge in [-0.05, 0) is 43.2 Å². The molecule has 3 unspecified atom stereocenters. The molecular weight excluding hydrogens is 217 g/mol. The van der Waals surface area contributed by atoms with Crippen LogP contribution in [0.2, 0.25) is 0 Å². The van der Waals surface area contributed by atoms with Gasteiger partial charge in [0.2, 0.25) is 0 Å². The highest BCUT2D eigenvalue weighted by Crippen LogP contribution is 2.33. The van der Waals surface area contributed by atoms with Gasteiger partial charge in [-0.15, -0.1) is 0 Å². The molecule has 1 saturated carbocycles. The van der Waals surface area contributed by atoms with Gasteiger partial charge in [0.25, 0.3) is 0 Å². The van der Waals surface area contributed by atoms with Gasteiger partial charge < -0.3 is 10.5 Å². The third kappa shape index (κ3) is 2.71. The van der Waals surface area contributed by atoms with E-state index in [4.69, 9.17) is 10.5 Å². The number of benzene rings is 1. The first kappa shape index (κ1) is 12.2. The summed E-state index contributed by atoms with van der Waals surface area (Å²) >= 11 is 0. The molecule has 1 aromatic carbocycles. The van der Waals surface area contributed by atoms with E-state index in [1.54, 1.807) is 12.1 Å². The molecule has 0 radical (unpaired) electrons. The number of hydrogen-bond acceptors (Lipinski definition) is 2. The Morgan fingerprint density at radius 1 is 1.24 bits per heavy atom. The monoisotopic (exact) mass is 237 g/mol. The van der Waals surface area contributed by atoms with Crippen molar-refractivity contribution in [3.8, 4) is 5.75 Å². The summed E-state index contributed by atoms with van der Waals surface area (Å²) < 4.78 is 19.1. The Balaban J connectivity index is 2.04. The molecule has 3 atom stereocenters. The first-order valence-electron chi connectivity index (χ1n) is 6.28. The van der Waals surface area contributed by atoms with Gasteiger partial charge in [0.15, 0.2) is 0 Å². The quantitative estimate of drug-likeness (QED) is 0.797. The van der Waals surface area contributed by atoms with Crippen LogP contribution in [0.1, 0.15) is 33.1 Å². The summed E-state index contributed by atoms with van der Waals surface area (Å²) in [5.74, 6) is 1.49. The Bertz CT molecular complexity index is 394. The Kier molecular flexibility index (Phi) is 3.55. The molecule has 0 bridgehead atoms. The number of hydrogen-bond donors (Lipinski definition) is 1. The summed E-state index contributed by atoms with van der Waals surface area (Å²) in [5.41, 5.74) is 5.79. The molecule has 0 spiro atoms. The van der Waals surface area contributed by atoms with Crippen molar-refractivity contribution in [2.75, 3.05) is 5.73 Å². The van der Waals surface area contributed by atoms with Crippen molar-refractivity contribution in [3.05, 3.63) is 24.0 Å². The van der Waals surface area contributed by atoms with Gasteiger partial charge in [-0.2, -0.15) is 0 Å². The lowest BCUT2D eigenvalue weighted by Gasteiger charge is -2.32. The van der Waals surface area contributed by atoms with Crippen LogP contribution in [-0.4, -0.2) is 6.10 Å². The minimum Gasteiger partial charge on any atom is -0.488 e. The van der Waals surface area contributed by atoms with Crippen molar-refractivity contribution in [1.29, 1.82) is 0 Å². The van der Waals surface area contributed by atoms with Gasteiger partial charge in [-0.1, -0.05) is 19.9 Å². The van der Waals surface area contributed by atoms with Crippen LogP contribution in [0.4, 0.5) is 10.1 Å². The first-order chi connectivity index (χ1) is 8.08. The third-order valence-corrected chi connectivity index (χ3v) is 3.86.